The Hall–Kier alpha value is -0.160. The minimum atomic E-state index is 0.298. The van der Waals surface area contributed by atoms with E-state index in [0.717, 1.165) is 25.4 Å². The van der Waals surface area contributed by atoms with Crippen molar-refractivity contribution >= 4 is 0 Å². The molecule has 1 heterocycles. The van der Waals surface area contributed by atoms with E-state index in [4.69, 9.17) is 5.73 Å². The van der Waals surface area contributed by atoms with Crippen LogP contribution in [0.5, 0.6) is 0 Å². The second-order valence-corrected chi connectivity index (χ2v) is 7.39. The summed E-state index contributed by atoms with van der Waals surface area (Å²) in [6.45, 7) is 19.7. The molecule has 0 aromatic rings. The van der Waals surface area contributed by atoms with E-state index in [9.17, 15) is 0 Å². The molecule has 1 aliphatic rings. The summed E-state index contributed by atoms with van der Waals surface area (Å²) in [5.74, 6) is 1.50. The first kappa shape index (κ1) is 19.9. The summed E-state index contributed by atoms with van der Waals surface area (Å²) in [7, 11) is 0. The molecule has 0 bridgehead atoms. The molecule has 4 nitrogen and oxygen atoms in total. The Morgan fingerprint density at radius 2 is 1.59 bits per heavy atom. The summed E-state index contributed by atoms with van der Waals surface area (Å²) >= 11 is 0. The van der Waals surface area contributed by atoms with Crippen molar-refractivity contribution in [2.24, 2.45) is 17.6 Å². The number of nitrogens with zero attached hydrogens (tertiary/aromatic N) is 2. The maximum absolute atomic E-state index is 5.97. The standard InChI is InChI=1S/C18H40N4/c1-6-15(3)14-21-8-10-22(11-9-21)17(5)16(4)12-20-13-18(19)7-2/h15-18,20H,6-14,19H2,1-5H3. The van der Waals surface area contributed by atoms with Gasteiger partial charge >= 0.3 is 0 Å². The Kier molecular flexibility index (Phi) is 9.57. The van der Waals surface area contributed by atoms with Gasteiger partial charge in [0.05, 0.1) is 0 Å². The molecule has 0 spiro atoms. The number of piperazine rings is 1. The molecule has 1 saturated heterocycles. The third-order valence-electron chi connectivity index (χ3n) is 5.47. The van der Waals surface area contributed by atoms with E-state index in [0.29, 0.717) is 18.0 Å². The average molecular weight is 313 g/mol. The number of hydrogen-bond acceptors (Lipinski definition) is 4. The predicted octanol–water partition coefficient (Wildman–Crippen LogP) is 2.00. The maximum atomic E-state index is 5.97. The molecule has 132 valence electrons. The van der Waals surface area contributed by atoms with Gasteiger partial charge in [0.25, 0.3) is 0 Å². The van der Waals surface area contributed by atoms with Crippen LogP contribution < -0.4 is 11.1 Å². The number of nitrogens with two attached hydrogens (primary N) is 1. The Labute approximate surface area is 138 Å². The Balaban J connectivity index is 2.24. The molecule has 1 rings (SSSR count). The van der Waals surface area contributed by atoms with Crippen molar-refractivity contribution < 1.29 is 0 Å². The lowest BCUT2D eigenvalue weighted by atomic mass is 10.0. The Morgan fingerprint density at radius 1 is 0.955 bits per heavy atom. The van der Waals surface area contributed by atoms with Crippen LogP contribution in [0.3, 0.4) is 0 Å². The van der Waals surface area contributed by atoms with Gasteiger partial charge in [0.2, 0.25) is 0 Å². The van der Waals surface area contributed by atoms with Crippen LogP contribution in [0.4, 0.5) is 0 Å². The normalized spacial score (nSPS) is 23.2. The zero-order valence-electron chi connectivity index (χ0n) is 15.6. The second-order valence-electron chi connectivity index (χ2n) is 7.39. The number of rotatable bonds is 10. The van der Waals surface area contributed by atoms with Crippen LogP contribution in [0, 0.1) is 11.8 Å². The molecule has 0 saturated carbocycles. The van der Waals surface area contributed by atoms with E-state index in [2.05, 4.69) is 49.7 Å². The molecule has 0 aromatic heterocycles. The number of nitrogens with one attached hydrogen (secondary N) is 1. The van der Waals surface area contributed by atoms with Gasteiger partial charge in [-0.2, -0.15) is 0 Å². The highest BCUT2D eigenvalue weighted by Crippen LogP contribution is 2.14. The minimum absolute atomic E-state index is 0.298. The lowest BCUT2D eigenvalue weighted by molar-refractivity contribution is 0.0732. The second kappa shape index (κ2) is 10.6. The molecular formula is C18H40N4. The molecule has 1 fully saturated rings. The lowest BCUT2D eigenvalue weighted by Crippen LogP contribution is -2.52. The van der Waals surface area contributed by atoms with Crippen LogP contribution in [0.25, 0.3) is 0 Å². The van der Waals surface area contributed by atoms with Crippen LogP contribution in [0.1, 0.15) is 47.5 Å². The van der Waals surface area contributed by atoms with Gasteiger partial charge in [0.1, 0.15) is 0 Å². The topological polar surface area (TPSA) is 44.5 Å². The van der Waals surface area contributed by atoms with Crippen molar-refractivity contribution in [3.05, 3.63) is 0 Å². The van der Waals surface area contributed by atoms with Gasteiger partial charge in [0, 0.05) is 51.4 Å². The largest absolute Gasteiger partial charge is 0.327 e. The molecular weight excluding hydrogens is 272 g/mol. The predicted molar refractivity (Wildman–Crippen MR) is 97.2 cm³/mol. The fourth-order valence-electron chi connectivity index (χ4n) is 3.09. The highest BCUT2D eigenvalue weighted by molar-refractivity contribution is 4.81. The molecule has 22 heavy (non-hydrogen) atoms. The molecule has 4 unspecified atom stereocenters. The summed E-state index contributed by atoms with van der Waals surface area (Å²) in [4.78, 5) is 5.31. The van der Waals surface area contributed by atoms with Gasteiger partial charge in [-0.05, 0) is 31.7 Å². The monoisotopic (exact) mass is 312 g/mol. The van der Waals surface area contributed by atoms with Gasteiger partial charge in [-0.3, -0.25) is 4.90 Å². The van der Waals surface area contributed by atoms with Crippen LogP contribution in [-0.4, -0.2) is 67.7 Å². The summed E-state index contributed by atoms with van der Waals surface area (Å²) in [6, 6.07) is 0.947. The van der Waals surface area contributed by atoms with Crippen molar-refractivity contribution in [3.63, 3.8) is 0 Å². The van der Waals surface area contributed by atoms with Crippen molar-refractivity contribution in [1.29, 1.82) is 0 Å². The fourth-order valence-corrected chi connectivity index (χ4v) is 3.09. The SMILES string of the molecule is CCC(C)CN1CCN(C(C)C(C)CNCC(N)CC)CC1. The van der Waals surface area contributed by atoms with E-state index in [-0.39, 0.29) is 0 Å². The fraction of sp³-hybridized carbons (Fsp3) is 1.00. The average Bonchev–Trinajstić information content (AvgIpc) is 2.54. The first-order valence-corrected chi connectivity index (χ1v) is 9.40. The molecule has 4 atom stereocenters. The Morgan fingerprint density at radius 3 is 2.14 bits per heavy atom. The molecule has 3 N–H and O–H groups in total. The first-order valence-electron chi connectivity index (χ1n) is 9.40. The third kappa shape index (κ3) is 6.95. The molecule has 0 aliphatic carbocycles. The van der Waals surface area contributed by atoms with Gasteiger partial charge < -0.3 is 16.0 Å². The zero-order valence-corrected chi connectivity index (χ0v) is 15.6. The minimum Gasteiger partial charge on any atom is -0.327 e. The van der Waals surface area contributed by atoms with Crippen LogP contribution in [-0.2, 0) is 0 Å². The highest BCUT2D eigenvalue weighted by atomic mass is 15.3. The van der Waals surface area contributed by atoms with Gasteiger partial charge in [-0.1, -0.05) is 34.1 Å². The zero-order chi connectivity index (χ0) is 16.5. The van der Waals surface area contributed by atoms with Crippen molar-refractivity contribution in [2.45, 2.75) is 59.5 Å². The van der Waals surface area contributed by atoms with E-state index in [1.807, 2.05) is 0 Å². The van der Waals surface area contributed by atoms with Gasteiger partial charge in [-0.25, -0.2) is 0 Å². The smallest absolute Gasteiger partial charge is 0.0162 e. The summed E-state index contributed by atoms with van der Waals surface area (Å²) in [5, 5.41) is 3.54. The molecule has 0 radical (unpaired) electrons. The van der Waals surface area contributed by atoms with Gasteiger partial charge in [0.15, 0.2) is 0 Å². The quantitative estimate of drug-likeness (QED) is 0.648. The molecule has 0 amide bonds. The van der Waals surface area contributed by atoms with E-state index < -0.39 is 0 Å². The molecule has 0 aromatic carbocycles. The molecule has 1 aliphatic heterocycles. The summed E-state index contributed by atoms with van der Waals surface area (Å²) < 4.78 is 0. The van der Waals surface area contributed by atoms with E-state index in [1.165, 1.54) is 39.1 Å². The summed E-state index contributed by atoms with van der Waals surface area (Å²) in [6.07, 6.45) is 2.34. The first-order chi connectivity index (χ1) is 10.5. The molecule has 4 heteroatoms. The van der Waals surface area contributed by atoms with Gasteiger partial charge in [-0.15, -0.1) is 0 Å². The van der Waals surface area contributed by atoms with Crippen molar-refractivity contribution in [1.82, 2.24) is 15.1 Å². The van der Waals surface area contributed by atoms with Crippen molar-refractivity contribution in [2.75, 3.05) is 45.8 Å². The van der Waals surface area contributed by atoms with E-state index in [1.54, 1.807) is 0 Å². The summed E-state index contributed by atoms with van der Waals surface area (Å²) in [5.41, 5.74) is 5.97. The van der Waals surface area contributed by atoms with E-state index >= 15 is 0 Å². The van der Waals surface area contributed by atoms with Crippen LogP contribution >= 0.6 is 0 Å². The highest BCUT2D eigenvalue weighted by Gasteiger charge is 2.24. The van der Waals surface area contributed by atoms with Crippen LogP contribution in [0.2, 0.25) is 0 Å². The maximum Gasteiger partial charge on any atom is 0.0162 e. The Bertz CT molecular complexity index is 276. The lowest BCUT2D eigenvalue weighted by Gasteiger charge is -2.41. The number of hydrogen-bond donors (Lipinski definition) is 2. The van der Waals surface area contributed by atoms with Crippen molar-refractivity contribution in [3.8, 4) is 0 Å². The third-order valence-corrected chi connectivity index (χ3v) is 5.47. The van der Waals surface area contributed by atoms with Crippen LogP contribution in [0.15, 0.2) is 0 Å².